The summed E-state index contributed by atoms with van der Waals surface area (Å²) in [5, 5.41) is 4.07. The Balaban J connectivity index is 2.46. The summed E-state index contributed by atoms with van der Waals surface area (Å²) in [7, 11) is 1.66. The third-order valence-electron chi connectivity index (χ3n) is 4.58. The number of fused-ring (bicyclic) bond motifs is 3. The molecule has 0 aliphatic carbocycles. The van der Waals surface area contributed by atoms with Gasteiger partial charge in [-0.2, -0.15) is 0 Å². The van der Waals surface area contributed by atoms with Crippen LogP contribution in [0.15, 0.2) is 30.3 Å². The van der Waals surface area contributed by atoms with Crippen molar-refractivity contribution in [1.82, 2.24) is 9.58 Å². The van der Waals surface area contributed by atoms with Gasteiger partial charge in [0.15, 0.2) is 0 Å². The minimum absolute atomic E-state index is 0.116. The first-order chi connectivity index (χ1) is 14.7. The second kappa shape index (κ2) is 8.39. The molecule has 3 aromatic rings. The molecule has 32 heavy (non-hydrogen) atoms. The number of carbonyl (C=O) groups is 2. The van der Waals surface area contributed by atoms with E-state index in [4.69, 9.17) is 26.9 Å². The van der Waals surface area contributed by atoms with Gasteiger partial charge < -0.3 is 9.47 Å². The van der Waals surface area contributed by atoms with Gasteiger partial charge in [0.1, 0.15) is 11.2 Å². The molecular formula is C24H30ClN3O4. The fourth-order valence-electron chi connectivity index (χ4n) is 3.57. The Morgan fingerprint density at radius 2 is 1.59 bits per heavy atom. The number of esters is 1. The van der Waals surface area contributed by atoms with Crippen LogP contribution in [-0.4, -0.2) is 39.9 Å². The number of nitrogens with zero attached hydrogens (tertiary/aromatic N) is 2. The summed E-state index contributed by atoms with van der Waals surface area (Å²) in [6, 6.07) is 9.11. The molecule has 0 aliphatic heterocycles. The van der Waals surface area contributed by atoms with Crippen molar-refractivity contribution in [2.24, 2.45) is 5.84 Å². The first kappa shape index (κ1) is 24.0. The summed E-state index contributed by atoms with van der Waals surface area (Å²) >= 11 is 6.29. The number of hydrogen-bond acceptors (Lipinski definition) is 6. The molecule has 0 spiro atoms. The zero-order valence-corrected chi connectivity index (χ0v) is 20.3. The molecule has 2 aromatic carbocycles. The van der Waals surface area contributed by atoms with E-state index >= 15 is 0 Å². The number of nitrogens with two attached hydrogens (primary N) is 1. The van der Waals surface area contributed by atoms with Gasteiger partial charge in [0, 0.05) is 22.8 Å². The van der Waals surface area contributed by atoms with Crippen molar-refractivity contribution in [2.45, 2.75) is 59.3 Å². The Bertz CT molecular complexity index is 1200. The molecule has 0 amide bonds. The van der Waals surface area contributed by atoms with E-state index in [9.17, 15) is 9.59 Å². The van der Waals surface area contributed by atoms with Crippen LogP contribution >= 0.6 is 11.6 Å². The second-order valence-corrected chi connectivity index (χ2v) is 10.3. The van der Waals surface area contributed by atoms with E-state index in [1.165, 1.54) is 9.58 Å². The Morgan fingerprint density at radius 1 is 1.00 bits per heavy atom. The van der Waals surface area contributed by atoms with Gasteiger partial charge in [0.2, 0.25) is 0 Å². The van der Waals surface area contributed by atoms with Crippen molar-refractivity contribution in [3.63, 3.8) is 0 Å². The van der Waals surface area contributed by atoms with Crippen LogP contribution in [0.4, 0.5) is 4.79 Å². The van der Waals surface area contributed by atoms with Crippen molar-refractivity contribution in [3.05, 3.63) is 46.6 Å². The molecule has 1 aromatic heterocycles. The monoisotopic (exact) mass is 459 g/mol. The van der Waals surface area contributed by atoms with Crippen LogP contribution in [0.1, 0.15) is 57.6 Å². The molecule has 0 aliphatic rings. The fraction of sp³-hybridized carbons (Fsp3) is 0.417. The van der Waals surface area contributed by atoms with E-state index in [2.05, 4.69) is 0 Å². The normalized spacial score (nSPS) is 12.6. The fourth-order valence-corrected chi connectivity index (χ4v) is 3.74. The number of benzene rings is 2. The van der Waals surface area contributed by atoms with Crippen LogP contribution < -0.4 is 5.84 Å². The molecule has 0 saturated carbocycles. The summed E-state index contributed by atoms with van der Waals surface area (Å²) in [4.78, 5) is 26.8. The number of hydrazine groups is 1. The van der Waals surface area contributed by atoms with Gasteiger partial charge in [-0.15, -0.1) is 0 Å². The van der Waals surface area contributed by atoms with Crippen LogP contribution in [0.5, 0.6) is 0 Å². The van der Waals surface area contributed by atoms with Gasteiger partial charge in [-0.05, 0) is 59.1 Å². The molecule has 1 heterocycles. The van der Waals surface area contributed by atoms with Gasteiger partial charge in [-0.25, -0.2) is 19.2 Å². The molecule has 0 radical (unpaired) electrons. The standard InChI is InChI=1S/C24H30ClN3O4/c1-23(2,3)31-21(29)19-16-11-9-14-8-10-15(25)12-17(14)20(16)28(18(19)13-27(7)26)22(30)32-24(4,5)6/h8-12H,13,26H2,1-7H3. The Hall–Kier alpha value is -2.61. The summed E-state index contributed by atoms with van der Waals surface area (Å²) in [5.41, 5.74) is -0.268. The number of hydrogen-bond donors (Lipinski definition) is 1. The predicted molar refractivity (Wildman–Crippen MR) is 127 cm³/mol. The number of ether oxygens (including phenoxy) is 2. The average Bonchev–Trinajstić information content (AvgIpc) is 2.92. The van der Waals surface area contributed by atoms with Crippen molar-refractivity contribution in [1.29, 1.82) is 0 Å². The molecule has 0 unspecified atom stereocenters. The molecule has 0 fully saturated rings. The Labute approximate surface area is 193 Å². The first-order valence-electron chi connectivity index (χ1n) is 10.4. The lowest BCUT2D eigenvalue weighted by Gasteiger charge is -2.22. The molecule has 2 N–H and O–H groups in total. The largest absolute Gasteiger partial charge is 0.456 e. The number of aromatic nitrogens is 1. The van der Waals surface area contributed by atoms with Gasteiger partial charge in [0.25, 0.3) is 0 Å². The lowest BCUT2D eigenvalue weighted by Crippen LogP contribution is -2.32. The molecule has 0 bridgehead atoms. The minimum atomic E-state index is -0.742. The third-order valence-corrected chi connectivity index (χ3v) is 4.82. The average molecular weight is 460 g/mol. The third kappa shape index (κ3) is 5.06. The molecular weight excluding hydrogens is 430 g/mol. The topological polar surface area (TPSA) is 86.8 Å². The van der Waals surface area contributed by atoms with E-state index in [0.29, 0.717) is 21.6 Å². The van der Waals surface area contributed by atoms with E-state index in [-0.39, 0.29) is 12.1 Å². The highest BCUT2D eigenvalue weighted by Crippen LogP contribution is 2.36. The van der Waals surface area contributed by atoms with Crippen molar-refractivity contribution in [3.8, 4) is 0 Å². The summed E-state index contributed by atoms with van der Waals surface area (Å²) in [6.07, 6.45) is -0.610. The highest BCUT2D eigenvalue weighted by Gasteiger charge is 2.32. The van der Waals surface area contributed by atoms with E-state index < -0.39 is 23.3 Å². The van der Waals surface area contributed by atoms with Crippen LogP contribution in [0, 0.1) is 0 Å². The molecule has 8 heteroatoms. The van der Waals surface area contributed by atoms with Gasteiger partial charge in [-0.3, -0.25) is 5.84 Å². The highest BCUT2D eigenvalue weighted by atomic mass is 35.5. The van der Waals surface area contributed by atoms with E-state index in [0.717, 1.165) is 10.8 Å². The van der Waals surface area contributed by atoms with Crippen LogP contribution in [0.3, 0.4) is 0 Å². The molecule has 7 nitrogen and oxygen atoms in total. The zero-order chi connectivity index (χ0) is 24.0. The second-order valence-electron chi connectivity index (χ2n) is 9.88. The van der Waals surface area contributed by atoms with E-state index in [1.807, 2.05) is 18.2 Å². The summed E-state index contributed by atoms with van der Waals surface area (Å²) in [5.74, 6) is 5.43. The number of halogens is 1. The SMILES string of the molecule is CN(N)Cc1c(C(=O)OC(C)(C)C)c2ccc3ccc(Cl)cc3c2n1C(=O)OC(C)(C)C. The van der Waals surface area contributed by atoms with Crippen molar-refractivity contribution in [2.75, 3.05) is 7.05 Å². The lowest BCUT2D eigenvalue weighted by atomic mass is 10.0. The quantitative estimate of drug-likeness (QED) is 0.316. The van der Waals surface area contributed by atoms with Crippen molar-refractivity contribution < 1.29 is 19.1 Å². The van der Waals surface area contributed by atoms with Gasteiger partial charge in [-0.1, -0.05) is 29.8 Å². The number of rotatable bonds is 3. The maximum absolute atomic E-state index is 13.4. The first-order valence-corrected chi connectivity index (χ1v) is 10.7. The summed E-state index contributed by atoms with van der Waals surface area (Å²) in [6.45, 7) is 10.9. The predicted octanol–water partition coefficient (Wildman–Crippen LogP) is 5.49. The Kier molecular flexibility index (Phi) is 6.30. The van der Waals surface area contributed by atoms with E-state index in [1.54, 1.807) is 60.7 Å². The molecule has 172 valence electrons. The zero-order valence-electron chi connectivity index (χ0n) is 19.6. The molecule has 0 atom stereocenters. The maximum Gasteiger partial charge on any atom is 0.419 e. The molecule has 0 saturated heterocycles. The molecule has 3 rings (SSSR count). The minimum Gasteiger partial charge on any atom is -0.456 e. The van der Waals surface area contributed by atoms with Crippen molar-refractivity contribution >= 4 is 45.3 Å². The lowest BCUT2D eigenvalue weighted by molar-refractivity contribution is 0.00698. The number of carbonyl (C=O) groups excluding carboxylic acids is 2. The van der Waals surface area contributed by atoms with Crippen LogP contribution in [-0.2, 0) is 16.0 Å². The summed E-state index contributed by atoms with van der Waals surface area (Å²) < 4.78 is 12.8. The smallest absolute Gasteiger partial charge is 0.419 e. The van der Waals surface area contributed by atoms with Crippen LogP contribution in [0.2, 0.25) is 5.02 Å². The van der Waals surface area contributed by atoms with Gasteiger partial charge >= 0.3 is 12.1 Å². The maximum atomic E-state index is 13.4. The Morgan fingerprint density at radius 3 is 2.16 bits per heavy atom. The van der Waals surface area contributed by atoms with Crippen LogP contribution in [0.25, 0.3) is 21.7 Å². The van der Waals surface area contributed by atoms with Gasteiger partial charge in [0.05, 0.1) is 23.3 Å². The highest BCUT2D eigenvalue weighted by molar-refractivity contribution is 6.32.